The summed E-state index contributed by atoms with van der Waals surface area (Å²) >= 11 is 1.58. The molecule has 2 aromatic rings. The van der Waals surface area contributed by atoms with Gasteiger partial charge in [-0.25, -0.2) is 5.01 Å². The summed E-state index contributed by atoms with van der Waals surface area (Å²) in [6.45, 7) is 4.89. The highest BCUT2D eigenvalue weighted by molar-refractivity contribution is 8.13. The number of unbranched alkanes of at least 4 members (excludes halogenated alkanes) is 2. The molecule has 1 unspecified atom stereocenters. The van der Waals surface area contributed by atoms with Gasteiger partial charge in [-0.3, -0.25) is 15.1 Å². The Labute approximate surface area is 187 Å². The van der Waals surface area contributed by atoms with Gasteiger partial charge in [-0.15, -0.1) is 5.10 Å². The van der Waals surface area contributed by atoms with Crippen molar-refractivity contribution in [2.24, 2.45) is 10.1 Å². The van der Waals surface area contributed by atoms with Crippen molar-refractivity contribution < 1.29 is 9.53 Å². The van der Waals surface area contributed by atoms with Crippen LogP contribution in [0.4, 0.5) is 0 Å². The monoisotopic (exact) mass is 436 g/mol. The second kappa shape index (κ2) is 10.0. The van der Waals surface area contributed by atoms with E-state index >= 15 is 0 Å². The third kappa shape index (κ3) is 4.61. The Kier molecular flexibility index (Phi) is 6.92. The number of nitrogens with zero attached hydrogens (tertiary/aromatic N) is 3. The van der Waals surface area contributed by atoms with E-state index < -0.39 is 6.17 Å². The Bertz CT molecular complexity index is 1100. The van der Waals surface area contributed by atoms with E-state index in [1.807, 2.05) is 48.5 Å². The first-order valence-electron chi connectivity index (χ1n) is 10.9. The molecule has 2 aromatic carbocycles. The van der Waals surface area contributed by atoms with Crippen molar-refractivity contribution in [3.05, 3.63) is 64.7 Å². The van der Waals surface area contributed by atoms with Crippen LogP contribution in [-0.2, 0) is 4.79 Å². The van der Waals surface area contributed by atoms with Gasteiger partial charge in [0.2, 0.25) is 0 Å². The maximum Gasteiger partial charge on any atom is 0.276 e. The highest BCUT2D eigenvalue weighted by Gasteiger charge is 2.35. The third-order valence-electron chi connectivity index (χ3n) is 5.16. The van der Waals surface area contributed by atoms with Crippen LogP contribution >= 0.6 is 11.8 Å². The van der Waals surface area contributed by atoms with Gasteiger partial charge in [0.25, 0.3) is 5.91 Å². The van der Waals surface area contributed by atoms with E-state index in [4.69, 9.17) is 14.8 Å². The van der Waals surface area contributed by atoms with E-state index in [-0.39, 0.29) is 5.91 Å². The number of para-hydroxylation sites is 2. The van der Waals surface area contributed by atoms with E-state index in [1.165, 1.54) is 6.42 Å². The number of ether oxygens (including phenoxy) is 1. The van der Waals surface area contributed by atoms with Crippen LogP contribution in [0.3, 0.4) is 0 Å². The highest BCUT2D eigenvalue weighted by atomic mass is 32.2. The number of hydrogen-bond donors (Lipinski definition) is 1. The molecule has 0 bridgehead atoms. The van der Waals surface area contributed by atoms with Crippen molar-refractivity contribution in [1.82, 2.24) is 10.3 Å². The minimum absolute atomic E-state index is 0.146. The van der Waals surface area contributed by atoms with Gasteiger partial charge in [0.05, 0.1) is 12.0 Å². The molecule has 162 valence electrons. The van der Waals surface area contributed by atoms with Crippen molar-refractivity contribution in [2.75, 3.05) is 12.4 Å². The van der Waals surface area contributed by atoms with Crippen molar-refractivity contribution in [2.45, 2.75) is 45.7 Å². The van der Waals surface area contributed by atoms with Crippen LogP contribution in [0.2, 0.25) is 0 Å². The van der Waals surface area contributed by atoms with Gasteiger partial charge in [-0.2, -0.15) is 0 Å². The lowest BCUT2D eigenvalue weighted by Gasteiger charge is -2.34. The number of amidine groups is 1. The van der Waals surface area contributed by atoms with Crippen molar-refractivity contribution in [3.63, 3.8) is 0 Å². The summed E-state index contributed by atoms with van der Waals surface area (Å²) in [5.74, 6) is 1.55. The zero-order chi connectivity index (χ0) is 21.6. The molecule has 0 radical (unpaired) electrons. The predicted octanol–water partition coefficient (Wildman–Crippen LogP) is 3.54. The summed E-state index contributed by atoms with van der Waals surface area (Å²) in [4.78, 5) is 18.1. The number of nitrogens with one attached hydrogen (secondary N) is 1. The van der Waals surface area contributed by atoms with E-state index in [9.17, 15) is 4.79 Å². The number of hydrazone groups is 1. The second-order valence-corrected chi connectivity index (χ2v) is 8.60. The van der Waals surface area contributed by atoms with Gasteiger partial charge >= 0.3 is 0 Å². The van der Waals surface area contributed by atoms with E-state index in [1.54, 1.807) is 16.8 Å². The molecule has 4 rings (SSSR count). The molecule has 0 aromatic heterocycles. The number of rotatable bonds is 8. The molecule has 0 saturated heterocycles. The summed E-state index contributed by atoms with van der Waals surface area (Å²) in [7, 11) is 0. The van der Waals surface area contributed by atoms with Crippen LogP contribution in [0.15, 0.2) is 58.6 Å². The zero-order valence-electron chi connectivity index (χ0n) is 18.0. The van der Waals surface area contributed by atoms with Crippen LogP contribution in [0.1, 0.15) is 51.3 Å². The molecule has 2 heterocycles. The van der Waals surface area contributed by atoms with Crippen molar-refractivity contribution in [1.29, 1.82) is 0 Å². The fraction of sp³-hybridized carbons (Fsp3) is 0.375. The Morgan fingerprint density at radius 3 is 2.71 bits per heavy atom. The Morgan fingerprint density at radius 1 is 1.06 bits per heavy atom. The van der Waals surface area contributed by atoms with Crippen LogP contribution in [-0.4, -0.2) is 28.4 Å². The first-order chi connectivity index (χ1) is 15.2. The number of hydrogen-bond acceptors (Lipinski definition) is 6. The molecule has 2 aliphatic rings. The molecular formula is C24H28N4O2S. The van der Waals surface area contributed by atoms with Crippen LogP contribution in [0.25, 0.3) is 5.70 Å². The largest absolute Gasteiger partial charge is 0.493 e. The number of amides is 1. The minimum atomic E-state index is -0.463. The zero-order valence-corrected chi connectivity index (χ0v) is 18.8. The first-order valence-corrected chi connectivity index (χ1v) is 11.9. The van der Waals surface area contributed by atoms with E-state index in [2.05, 4.69) is 19.2 Å². The number of carbonyl (C=O) groups excluding carboxylic acids is 1. The minimum Gasteiger partial charge on any atom is -0.493 e. The Balaban J connectivity index is 1.78. The van der Waals surface area contributed by atoms with Gasteiger partial charge in [-0.1, -0.05) is 74.8 Å². The lowest BCUT2D eigenvalue weighted by atomic mass is 10.1. The Hall–Kier alpha value is -2.80. The molecule has 1 amide bonds. The van der Waals surface area contributed by atoms with E-state index in [0.29, 0.717) is 17.5 Å². The molecule has 31 heavy (non-hydrogen) atoms. The topological polar surface area (TPSA) is 66.3 Å². The van der Waals surface area contributed by atoms with Gasteiger partial charge in [0.15, 0.2) is 11.3 Å². The molecule has 0 spiro atoms. The fourth-order valence-corrected chi connectivity index (χ4v) is 4.51. The average molecular weight is 437 g/mol. The number of thioether (sulfide) groups is 1. The number of carbonyl (C=O) groups is 1. The standard InChI is InChI=1S/C24H28N4O2S/c1-3-5-10-16-31-24-26-23(29)21-17-11-6-8-13-19(17)25-22(28(21)27-24)18-12-7-9-14-20(18)30-15-4-2/h6-9,11-14,22H,3-5,10,15-16H2,1-2H3,(H,26,27,29). The summed E-state index contributed by atoms with van der Waals surface area (Å²) in [5.41, 5.74) is 1.43. The van der Waals surface area contributed by atoms with Crippen LogP contribution in [0.5, 0.6) is 5.75 Å². The average Bonchev–Trinajstić information content (AvgIpc) is 2.80. The molecular weight excluding hydrogens is 408 g/mol. The van der Waals surface area contributed by atoms with Crippen LogP contribution < -0.4 is 20.6 Å². The summed E-state index contributed by atoms with van der Waals surface area (Å²) in [6.07, 6.45) is 3.88. The van der Waals surface area contributed by atoms with Crippen LogP contribution in [0, 0.1) is 0 Å². The first kappa shape index (κ1) is 21.4. The fourth-order valence-electron chi connectivity index (χ4n) is 3.65. The molecule has 0 aliphatic carbocycles. The quantitative estimate of drug-likeness (QED) is 0.643. The third-order valence-corrected chi connectivity index (χ3v) is 6.11. The molecule has 1 atom stereocenters. The smallest absolute Gasteiger partial charge is 0.276 e. The maximum atomic E-state index is 13.2. The molecule has 1 N–H and O–H groups in total. The Morgan fingerprint density at radius 2 is 1.87 bits per heavy atom. The highest BCUT2D eigenvalue weighted by Crippen LogP contribution is 2.35. The predicted molar refractivity (Wildman–Crippen MR) is 125 cm³/mol. The summed E-state index contributed by atoms with van der Waals surface area (Å²) in [5, 5.41) is 11.8. The molecule has 6 nitrogen and oxygen atoms in total. The summed E-state index contributed by atoms with van der Waals surface area (Å²) < 4.78 is 6.00. The van der Waals surface area contributed by atoms with Gasteiger partial charge in [0.1, 0.15) is 11.4 Å². The maximum absolute atomic E-state index is 13.2. The van der Waals surface area contributed by atoms with Gasteiger partial charge in [-0.05, 0) is 25.0 Å². The lowest BCUT2D eigenvalue weighted by molar-refractivity contribution is -0.116. The summed E-state index contributed by atoms with van der Waals surface area (Å²) in [6, 6.07) is 15.6. The normalized spacial score (nSPS) is 17.3. The molecule has 0 saturated carbocycles. The van der Waals surface area contributed by atoms with Gasteiger partial charge < -0.3 is 4.74 Å². The number of fused-ring (bicyclic) bond motifs is 2. The lowest BCUT2D eigenvalue weighted by Crippen LogP contribution is -2.50. The molecule has 0 fully saturated rings. The second-order valence-electron chi connectivity index (χ2n) is 7.51. The number of benzene rings is 2. The molecule has 2 aliphatic heterocycles. The van der Waals surface area contributed by atoms with Crippen molar-refractivity contribution in [3.8, 4) is 5.75 Å². The van der Waals surface area contributed by atoms with Crippen molar-refractivity contribution >= 4 is 28.5 Å². The van der Waals surface area contributed by atoms with Gasteiger partial charge in [0, 0.05) is 16.5 Å². The molecule has 7 heteroatoms. The SMILES string of the molecule is CCCCCSC1=NN2C(=c3ccccc3=NC2c2ccccc2OCCC)C(=O)N1. The van der Waals surface area contributed by atoms with E-state index in [0.717, 1.165) is 46.9 Å².